The number of carbonyl (C=O) groups excluding carboxylic acids is 2. The third-order valence-corrected chi connectivity index (χ3v) is 7.19. The van der Waals surface area contributed by atoms with Crippen molar-refractivity contribution < 1.29 is 9.59 Å². The Hall–Kier alpha value is -3.09. The normalized spacial score (nSPS) is 18.7. The van der Waals surface area contributed by atoms with Crippen molar-refractivity contribution in [1.29, 1.82) is 0 Å². The highest BCUT2D eigenvalue weighted by Crippen LogP contribution is 2.41. The molecule has 0 unspecified atom stereocenters. The lowest BCUT2D eigenvalue weighted by Gasteiger charge is -2.39. The number of hydrogen-bond acceptors (Lipinski definition) is 3. The van der Waals surface area contributed by atoms with Crippen LogP contribution in [0.25, 0.3) is 5.57 Å². The van der Waals surface area contributed by atoms with Gasteiger partial charge in [-0.3, -0.25) is 4.79 Å². The standard InChI is InChI=1S/C27H37N5O2/c1-6-31-16-21(17-32(7-2)26(31)34)20-8-9-23(30-25(33)24-28-15-18(3)29-24)22(14-20)19-10-12-27(4,5)13-11-19/h8-10,14-15,21H,6-7,11-13,16-17H2,1-5H3,(H,28,29)(H,30,33). The Bertz CT molecular complexity index is 1080. The number of urea groups is 1. The topological polar surface area (TPSA) is 81.3 Å². The third-order valence-electron chi connectivity index (χ3n) is 7.19. The van der Waals surface area contributed by atoms with Crippen molar-refractivity contribution in [2.45, 2.75) is 59.8 Å². The summed E-state index contributed by atoms with van der Waals surface area (Å²) in [4.78, 5) is 36.6. The van der Waals surface area contributed by atoms with Crippen molar-refractivity contribution in [2.75, 3.05) is 31.5 Å². The van der Waals surface area contributed by atoms with Crippen LogP contribution >= 0.6 is 0 Å². The number of nitrogens with zero attached hydrogens (tertiary/aromatic N) is 3. The van der Waals surface area contributed by atoms with Gasteiger partial charge in [0.1, 0.15) is 0 Å². The van der Waals surface area contributed by atoms with Crippen molar-refractivity contribution in [3.05, 3.63) is 53.1 Å². The summed E-state index contributed by atoms with van der Waals surface area (Å²) < 4.78 is 0. The van der Waals surface area contributed by atoms with Gasteiger partial charge in [-0.15, -0.1) is 0 Å². The number of aromatic nitrogens is 2. The van der Waals surface area contributed by atoms with E-state index in [1.165, 1.54) is 11.1 Å². The molecule has 2 N–H and O–H groups in total. The molecule has 7 heteroatoms. The van der Waals surface area contributed by atoms with Crippen LogP contribution in [0.3, 0.4) is 0 Å². The monoisotopic (exact) mass is 463 g/mol. The van der Waals surface area contributed by atoms with E-state index in [1.807, 2.05) is 36.6 Å². The molecule has 3 amide bonds. The number of nitrogens with one attached hydrogen (secondary N) is 2. The van der Waals surface area contributed by atoms with E-state index in [2.05, 4.69) is 47.3 Å². The number of benzene rings is 1. The molecule has 1 aliphatic carbocycles. The lowest BCUT2D eigenvalue weighted by molar-refractivity contribution is 0.101. The van der Waals surface area contributed by atoms with Crippen LogP contribution in [0.2, 0.25) is 0 Å². The third kappa shape index (κ3) is 5.03. The van der Waals surface area contributed by atoms with Gasteiger partial charge in [-0.1, -0.05) is 26.0 Å². The maximum atomic E-state index is 12.9. The summed E-state index contributed by atoms with van der Waals surface area (Å²) in [6.07, 6.45) is 7.09. The van der Waals surface area contributed by atoms with E-state index < -0.39 is 0 Å². The molecule has 34 heavy (non-hydrogen) atoms. The maximum Gasteiger partial charge on any atom is 0.320 e. The second-order valence-electron chi connectivity index (χ2n) is 10.3. The van der Waals surface area contributed by atoms with Gasteiger partial charge in [0.15, 0.2) is 5.82 Å². The molecule has 7 nitrogen and oxygen atoms in total. The van der Waals surface area contributed by atoms with Crippen LogP contribution in [0.15, 0.2) is 30.5 Å². The highest BCUT2D eigenvalue weighted by atomic mass is 16.2. The highest BCUT2D eigenvalue weighted by Gasteiger charge is 2.31. The van der Waals surface area contributed by atoms with Gasteiger partial charge in [-0.25, -0.2) is 9.78 Å². The number of anilines is 1. The van der Waals surface area contributed by atoms with E-state index in [-0.39, 0.29) is 17.9 Å². The minimum Gasteiger partial charge on any atom is -0.338 e. The molecule has 2 heterocycles. The Kier molecular flexibility index (Phi) is 6.82. The largest absolute Gasteiger partial charge is 0.338 e. The van der Waals surface area contributed by atoms with Crippen LogP contribution in [-0.2, 0) is 0 Å². The minimum absolute atomic E-state index is 0.122. The van der Waals surface area contributed by atoms with Crippen LogP contribution in [0.5, 0.6) is 0 Å². The van der Waals surface area contributed by atoms with Crippen molar-refractivity contribution >= 4 is 23.2 Å². The minimum atomic E-state index is -0.239. The quantitative estimate of drug-likeness (QED) is 0.600. The molecule has 1 aromatic heterocycles. The van der Waals surface area contributed by atoms with Gasteiger partial charge in [-0.05, 0) is 68.7 Å². The summed E-state index contributed by atoms with van der Waals surface area (Å²) in [7, 11) is 0. The number of likely N-dealkylation sites (N-methyl/N-ethyl adjacent to an activating group) is 2. The Morgan fingerprint density at radius 2 is 1.91 bits per heavy atom. The Morgan fingerprint density at radius 3 is 2.47 bits per heavy atom. The summed E-state index contributed by atoms with van der Waals surface area (Å²) in [6, 6.07) is 6.47. The Morgan fingerprint density at radius 1 is 1.21 bits per heavy atom. The van der Waals surface area contributed by atoms with Crippen molar-refractivity contribution in [2.24, 2.45) is 5.41 Å². The molecule has 1 aliphatic heterocycles. The van der Waals surface area contributed by atoms with Crippen molar-refractivity contribution in [1.82, 2.24) is 19.8 Å². The zero-order chi connectivity index (χ0) is 24.5. The SMILES string of the molecule is CCN1CC(c2ccc(NC(=O)c3ncc(C)[nH]3)c(C3=CCC(C)(C)CC3)c2)CN(CC)C1=O. The second-order valence-corrected chi connectivity index (χ2v) is 10.3. The van der Waals surface area contributed by atoms with Crippen LogP contribution in [0.4, 0.5) is 10.5 Å². The molecule has 1 aromatic carbocycles. The summed E-state index contributed by atoms with van der Waals surface area (Å²) in [5.41, 5.74) is 5.51. The summed E-state index contributed by atoms with van der Waals surface area (Å²) in [5, 5.41) is 3.09. The van der Waals surface area contributed by atoms with Gasteiger partial charge in [-0.2, -0.15) is 0 Å². The molecule has 0 atom stereocenters. The van der Waals surface area contributed by atoms with E-state index in [1.54, 1.807) is 6.20 Å². The molecule has 4 rings (SSSR count). The first-order valence-corrected chi connectivity index (χ1v) is 12.4. The van der Waals surface area contributed by atoms with Crippen LogP contribution in [0, 0.1) is 12.3 Å². The predicted molar refractivity (Wildman–Crippen MR) is 136 cm³/mol. The molecule has 0 bridgehead atoms. The molecule has 1 saturated heterocycles. The number of aryl methyl sites for hydroxylation is 1. The summed E-state index contributed by atoms with van der Waals surface area (Å²) >= 11 is 0. The molecule has 182 valence electrons. The smallest absolute Gasteiger partial charge is 0.320 e. The lowest BCUT2D eigenvalue weighted by Crippen LogP contribution is -2.52. The first-order chi connectivity index (χ1) is 16.2. The van der Waals surface area contributed by atoms with Crippen LogP contribution in [0.1, 0.15) is 80.3 Å². The van der Waals surface area contributed by atoms with Gasteiger partial charge in [0, 0.05) is 55.2 Å². The zero-order valence-corrected chi connectivity index (χ0v) is 21.1. The predicted octanol–water partition coefficient (Wildman–Crippen LogP) is 5.42. The van der Waals surface area contributed by atoms with E-state index in [0.29, 0.717) is 37.4 Å². The van der Waals surface area contributed by atoms with Gasteiger partial charge < -0.3 is 20.1 Å². The van der Waals surface area contributed by atoms with E-state index >= 15 is 0 Å². The molecular weight excluding hydrogens is 426 g/mol. The van der Waals surface area contributed by atoms with Crippen molar-refractivity contribution in [3.63, 3.8) is 0 Å². The zero-order valence-electron chi connectivity index (χ0n) is 21.1. The summed E-state index contributed by atoms with van der Waals surface area (Å²) in [5.74, 6) is 0.306. The van der Waals surface area contributed by atoms with Gasteiger partial charge in [0.25, 0.3) is 5.91 Å². The molecule has 2 aromatic rings. The number of carbonyl (C=O) groups is 2. The summed E-state index contributed by atoms with van der Waals surface area (Å²) in [6.45, 7) is 13.4. The average Bonchev–Trinajstić information content (AvgIpc) is 3.26. The van der Waals surface area contributed by atoms with Crippen molar-refractivity contribution in [3.8, 4) is 0 Å². The fourth-order valence-electron chi connectivity index (χ4n) is 4.91. The molecule has 1 fully saturated rings. The molecular formula is C27H37N5O2. The lowest BCUT2D eigenvalue weighted by atomic mass is 9.76. The number of amides is 3. The van der Waals surface area contributed by atoms with Gasteiger partial charge in [0.2, 0.25) is 0 Å². The highest BCUT2D eigenvalue weighted by molar-refractivity contribution is 6.03. The van der Waals surface area contributed by atoms with Crippen LogP contribution in [-0.4, -0.2) is 57.9 Å². The first-order valence-electron chi connectivity index (χ1n) is 12.4. The number of allylic oxidation sites excluding steroid dienone is 2. The average molecular weight is 464 g/mol. The number of aromatic amines is 1. The number of rotatable bonds is 6. The fourth-order valence-corrected chi connectivity index (χ4v) is 4.91. The number of imidazole rings is 1. The Labute approximate surface area is 202 Å². The van der Waals surface area contributed by atoms with Crippen LogP contribution < -0.4 is 5.32 Å². The molecule has 0 radical (unpaired) electrons. The number of hydrogen-bond donors (Lipinski definition) is 2. The van der Waals surface area contributed by atoms with Gasteiger partial charge in [0.05, 0.1) is 0 Å². The Balaban J connectivity index is 1.68. The van der Waals surface area contributed by atoms with E-state index in [4.69, 9.17) is 0 Å². The second kappa shape index (κ2) is 9.65. The van der Waals surface area contributed by atoms with Gasteiger partial charge >= 0.3 is 6.03 Å². The molecule has 0 saturated carbocycles. The molecule has 2 aliphatic rings. The number of H-pyrrole nitrogens is 1. The molecule has 0 spiro atoms. The first kappa shape index (κ1) is 24.0. The van der Waals surface area contributed by atoms with E-state index in [0.717, 1.165) is 36.2 Å². The maximum absolute atomic E-state index is 12.9. The van der Waals surface area contributed by atoms with E-state index in [9.17, 15) is 9.59 Å². The fraction of sp³-hybridized carbons (Fsp3) is 0.519.